The maximum Gasteiger partial charge on any atom is 0.352 e. The van der Waals surface area contributed by atoms with Gasteiger partial charge in [-0.1, -0.05) is 47.5 Å². The van der Waals surface area contributed by atoms with Crippen molar-refractivity contribution in [2.24, 2.45) is 0 Å². The molecule has 0 bridgehead atoms. The lowest BCUT2D eigenvalue weighted by Gasteiger charge is -2.07. The van der Waals surface area contributed by atoms with E-state index in [1.807, 2.05) is 37.3 Å². The van der Waals surface area contributed by atoms with E-state index in [4.69, 9.17) is 11.6 Å². The molecular weight excluding hydrogens is 378 g/mol. The van der Waals surface area contributed by atoms with Gasteiger partial charge in [0.25, 0.3) is 5.91 Å². The lowest BCUT2D eigenvalue weighted by Crippen LogP contribution is -2.27. The number of carboxylic acids is 1. The molecule has 1 heterocycles. The van der Waals surface area contributed by atoms with Gasteiger partial charge in [0.1, 0.15) is 10.9 Å². The molecule has 1 aromatic heterocycles. The first kappa shape index (κ1) is 19.4. The molecule has 2 N–H and O–H groups in total. The molecule has 0 spiro atoms. The Morgan fingerprint density at radius 3 is 2.32 bits per heavy atom. The zero-order valence-electron chi connectivity index (χ0n) is 15.3. The second-order valence-electron chi connectivity index (χ2n) is 6.22. The van der Waals surface area contributed by atoms with Crippen molar-refractivity contribution in [3.63, 3.8) is 0 Å². The predicted molar refractivity (Wildman–Crippen MR) is 108 cm³/mol. The minimum Gasteiger partial charge on any atom is -0.477 e. The van der Waals surface area contributed by atoms with Crippen molar-refractivity contribution in [2.75, 3.05) is 0 Å². The maximum atomic E-state index is 12.4. The molecular formula is C21H18ClN3O3. The van der Waals surface area contributed by atoms with Crippen LogP contribution in [0.3, 0.4) is 0 Å². The molecule has 142 valence electrons. The zero-order chi connectivity index (χ0) is 20.3. The standard InChI is InChI=1S/C21H18ClN3O3/c1-13-8-10-15(11-9-13)20(26)23-18(21(27)28)12-17-14(2)24-25(19(17)22)16-6-4-3-5-7-16/h3-12H,1-2H3,(H,23,26)(H,27,28)/b18-12-. The van der Waals surface area contributed by atoms with E-state index >= 15 is 0 Å². The van der Waals surface area contributed by atoms with E-state index in [0.717, 1.165) is 11.3 Å². The zero-order valence-corrected chi connectivity index (χ0v) is 16.1. The van der Waals surface area contributed by atoms with Gasteiger partial charge in [0.05, 0.1) is 11.4 Å². The van der Waals surface area contributed by atoms with Crippen molar-refractivity contribution in [3.05, 3.63) is 87.8 Å². The van der Waals surface area contributed by atoms with Gasteiger partial charge in [-0.3, -0.25) is 4.79 Å². The number of hydrogen-bond donors (Lipinski definition) is 2. The van der Waals surface area contributed by atoms with E-state index < -0.39 is 11.9 Å². The molecule has 3 aromatic rings. The highest BCUT2D eigenvalue weighted by Crippen LogP contribution is 2.25. The third kappa shape index (κ3) is 4.13. The molecule has 7 heteroatoms. The quantitative estimate of drug-likeness (QED) is 0.639. The van der Waals surface area contributed by atoms with Crippen LogP contribution in [0.2, 0.25) is 5.15 Å². The number of benzene rings is 2. The van der Waals surface area contributed by atoms with Gasteiger partial charge in [0.2, 0.25) is 0 Å². The molecule has 28 heavy (non-hydrogen) atoms. The fourth-order valence-corrected chi connectivity index (χ4v) is 2.94. The number of rotatable bonds is 5. The van der Waals surface area contributed by atoms with Crippen molar-refractivity contribution < 1.29 is 14.7 Å². The van der Waals surface area contributed by atoms with Crippen LogP contribution < -0.4 is 5.32 Å². The van der Waals surface area contributed by atoms with Crippen LogP contribution in [0.25, 0.3) is 11.8 Å². The summed E-state index contributed by atoms with van der Waals surface area (Å²) >= 11 is 6.43. The molecule has 3 rings (SSSR count). The number of para-hydroxylation sites is 1. The van der Waals surface area contributed by atoms with Crippen molar-refractivity contribution >= 4 is 29.6 Å². The van der Waals surface area contributed by atoms with Gasteiger partial charge in [-0.25, -0.2) is 9.48 Å². The van der Waals surface area contributed by atoms with E-state index in [1.54, 1.807) is 31.2 Å². The van der Waals surface area contributed by atoms with E-state index in [9.17, 15) is 14.7 Å². The van der Waals surface area contributed by atoms with Gasteiger partial charge in [-0.05, 0) is 44.2 Å². The Kier molecular flexibility index (Phi) is 5.61. The summed E-state index contributed by atoms with van der Waals surface area (Å²) in [5.74, 6) is -1.79. The molecule has 0 aliphatic carbocycles. The average molecular weight is 396 g/mol. The molecule has 0 saturated carbocycles. The van der Waals surface area contributed by atoms with Gasteiger partial charge in [0.15, 0.2) is 0 Å². The summed E-state index contributed by atoms with van der Waals surface area (Å²) in [5.41, 5.74) is 2.78. The first-order valence-corrected chi connectivity index (χ1v) is 8.88. The number of amides is 1. The third-order valence-corrected chi connectivity index (χ3v) is 4.49. The Morgan fingerprint density at radius 1 is 1.07 bits per heavy atom. The fraction of sp³-hybridized carbons (Fsp3) is 0.0952. The minimum absolute atomic E-state index is 0.257. The molecule has 0 aliphatic rings. The van der Waals surface area contributed by atoms with Gasteiger partial charge >= 0.3 is 5.97 Å². The lowest BCUT2D eigenvalue weighted by atomic mass is 10.1. The summed E-state index contributed by atoms with van der Waals surface area (Å²) in [5, 5.41) is 16.6. The van der Waals surface area contributed by atoms with E-state index in [2.05, 4.69) is 10.4 Å². The van der Waals surface area contributed by atoms with Crippen LogP contribution in [0.15, 0.2) is 60.3 Å². The number of aromatic nitrogens is 2. The van der Waals surface area contributed by atoms with Crippen molar-refractivity contribution in [1.82, 2.24) is 15.1 Å². The minimum atomic E-state index is -1.27. The third-order valence-electron chi connectivity index (χ3n) is 4.13. The molecule has 0 atom stereocenters. The number of halogens is 1. The van der Waals surface area contributed by atoms with Crippen LogP contribution in [0.1, 0.15) is 27.2 Å². The van der Waals surface area contributed by atoms with Crippen molar-refractivity contribution in [2.45, 2.75) is 13.8 Å². The highest BCUT2D eigenvalue weighted by atomic mass is 35.5. The van der Waals surface area contributed by atoms with E-state index in [0.29, 0.717) is 16.8 Å². The molecule has 0 aliphatic heterocycles. The fourth-order valence-electron chi connectivity index (χ4n) is 2.61. The smallest absolute Gasteiger partial charge is 0.352 e. The summed E-state index contributed by atoms with van der Waals surface area (Å²) in [6, 6.07) is 16.1. The largest absolute Gasteiger partial charge is 0.477 e. The number of carbonyl (C=O) groups is 2. The topological polar surface area (TPSA) is 84.2 Å². The van der Waals surface area contributed by atoms with Crippen LogP contribution >= 0.6 is 11.6 Å². The number of carboxylic acid groups (broad SMARTS) is 1. The Labute approximate surface area is 167 Å². The predicted octanol–water partition coefficient (Wildman–Crippen LogP) is 4.00. The van der Waals surface area contributed by atoms with Crippen molar-refractivity contribution in [1.29, 1.82) is 0 Å². The average Bonchev–Trinajstić information content (AvgIpc) is 2.96. The summed E-state index contributed by atoms with van der Waals surface area (Å²) in [7, 11) is 0. The van der Waals surface area contributed by atoms with Crippen LogP contribution in [-0.4, -0.2) is 26.8 Å². The van der Waals surface area contributed by atoms with Crippen LogP contribution in [0, 0.1) is 13.8 Å². The Bertz CT molecular complexity index is 1050. The molecule has 1 amide bonds. The Morgan fingerprint density at radius 2 is 1.71 bits per heavy atom. The first-order valence-electron chi connectivity index (χ1n) is 8.50. The Hall–Kier alpha value is -3.38. The Balaban J connectivity index is 1.95. The number of aliphatic carboxylic acids is 1. The summed E-state index contributed by atoms with van der Waals surface area (Å²) in [6.45, 7) is 3.62. The van der Waals surface area contributed by atoms with Gasteiger partial charge < -0.3 is 10.4 Å². The molecule has 2 aromatic carbocycles. The van der Waals surface area contributed by atoms with Crippen LogP contribution in [0.4, 0.5) is 0 Å². The number of nitrogens with one attached hydrogen (secondary N) is 1. The first-order chi connectivity index (χ1) is 13.4. The van der Waals surface area contributed by atoms with E-state index in [1.165, 1.54) is 10.8 Å². The highest BCUT2D eigenvalue weighted by Gasteiger charge is 2.18. The SMILES string of the molecule is Cc1ccc(C(=O)N/C(=C\c2c(C)nn(-c3ccccc3)c2Cl)C(=O)O)cc1. The van der Waals surface area contributed by atoms with Crippen LogP contribution in [0.5, 0.6) is 0 Å². The monoisotopic (exact) mass is 395 g/mol. The van der Waals surface area contributed by atoms with Crippen molar-refractivity contribution in [3.8, 4) is 5.69 Å². The highest BCUT2D eigenvalue weighted by molar-refractivity contribution is 6.31. The van der Waals surface area contributed by atoms with E-state index in [-0.39, 0.29) is 10.9 Å². The molecule has 0 saturated heterocycles. The van der Waals surface area contributed by atoms with Crippen LogP contribution in [-0.2, 0) is 4.79 Å². The number of carbonyl (C=O) groups excluding carboxylic acids is 1. The normalized spacial score (nSPS) is 11.3. The van der Waals surface area contributed by atoms with Gasteiger partial charge in [-0.15, -0.1) is 0 Å². The molecule has 0 radical (unpaired) electrons. The molecule has 0 fully saturated rings. The van der Waals surface area contributed by atoms with Gasteiger partial charge in [0, 0.05) is 11.1 Å². The maximum absolute atomic E-state index is 12.4. The summed E-state index contributed by atoms with van der Waals surface area (Å²) in [4.78, 5) is 24.1. The summed E-state index contributed by atoms with van der Waals surface area (Å²) < 4.78 is 1.52. The second-order valence-corrected chi connectivity index (χ2v) is 6.58. The number of aryl methyl sites for hydroxylation is 2. The van der Waals surface area contributed by atoms with Gasteiger partial charge in [-0.2, -0.15) is 5.10 Å². The number of hydrogen-bond acceptors (Lipinski definition) is 3. The molecule has 6 nitrogen and oxygen atoms in total. The number of nitrogens with zero attached hydrogens (tertiary/aromatic N) is 2. The second kappa shape index (κ2) is 8.10. The summed E-state index contributed by atoms with van der Waals surface area (Å²) in [6.07, 6.45) is 1.32. The lowest BCUT2D eigenvalue weighted by molar-refractivity contribution is -0.132. The molecule has 0 unspecified atom stereocenters.